The zero-order chi connectivity index (χ0) is 26.3. The molecule has 5 aromatic rings. The van der Waals surface area contributed by atoms with Crippen molar-refractivity contribution in [2.75, 3.05) is 11.9 Å². The topological polar surface area (TPSA) is 76.1 Å². The SMILES string of the molecule is O=C(Cc1ccsc1)NCC#Cc1cc2c(Nc3ccc(OCc4cccc(F)c4)c(Cl)c3)ncnc2s1. The number of aromatic nitrogens is 2. The van der Waals surface area contributed by atoms with Crippen LogP contribution in [0.2, 0.25) is 5.02 Å². The van der Waals surface area contributed by atoms with Crippen molar-refractivity contribution in [1.29, 1.82) is 0 Å². The van der Waals surface area contributed by atoms with Gasteiger partial charge in [0.1, 0.15) is 35.1 Å². The molecule has 38 heavy (non-hydrogen) atoms. The molecule has 0 bridgehead atoms. The fourth-order valence-corrected chi connectivity index (χ4v) is 5.33. The van der Waals surface area contributed by atoms with Gasteiger partial charge in [0.25, 0.3) is 0 Å². The summed E-state index contributed by atoms with van der Waals surface area (Å²) < 4.78 is 19.1. The van der Waals surface area contributed by atoms with Gasteiger partial charge >= 0.3 is 0 Å². The summed E-state index contributed by atoms with van der Waals surface area (Å²) in [4.78, 5) is 22.3. The Morgan fingerprint density at radius 1 is 1.11 bits per heavy atom. The van der Waals surface area contributed by atoms with Gasteiger partial charge in [0.05, 0.1) is 28.3 Å². The first-order valence-corrected chi connectivity index (χ1v) is 13.6. The number of carbonyl (C=O) groups excluding carboxylic acids is 1. The maximum Gasteiger partial charge on any atom is 0.225 e. The molecule has 0 unspecified atom stereocenters. The van der Waals surface area contributed by atoms with Crippen molar-refractivity contribution in [2.24, 2.45) is 0 Å². The molecule has 2 aromatic carbocycles. The van der Waals surface area contributed by atoms with E-state index in [1.165, 1.54) is 29.8 Å². The van der Waals surface area contributed by atoms with E-state index >= 15 is 0 Å². The first-order chi connectivity index (χ1) is 18.5. The van der Waals surface area contributed by atoms with Crippen molar-refractivity contribution < 1.29 is 13.9 Å². The van der Waals surface area contributed by atoms with Crippen LogP contribution in [-0.4, -0.2) is 22.4 Å². The summed E-state index contributed by atoms with van der Waals surface area (Å²) in [7, 11) is 0. The van der Waals surface area contributed by atoms with Gasteiger partial charge in [-0.1, -0.05) is 35.6 Å². The van der Waals surface area contributed by atoms with Crippen molar-refractivity contribution >= 4 is 61.9 Å². The van der Waals surface area contributed by atoms with E-state index in [0.717, 1.165) is 26.3 Å². The van der Waals surface area contributed by atoms with E-state index in [1.54, 1.807) is 35.6 Å². The largest absolute Gasteiger partial charge is 0.487 e. The number of carbonyl (C=O) groups is 1. The smallest absolute Gasteiger partial charge is 0.225 e. The predicted molar refractivity (Wildman–Crippen MR) is 151 cm³/mol. The molecule has 1 amide bonds. The molecule has 0 fully saturated rings. The molecule has 0 atom stereocenters. The summed E-state index contributed by atoms with van der Waals surface area (Å²) in [5.41, 5.74) is 2.43. The zero-order valence-corrected chi connectivity index (χ0v) is 22.2. The number of hydrogen-bond donors (Lipinski definition) is 2. The summed E-state index contributed by atoms with van der Waals surface area (Å²) >= 11 is 9.45. The lowest BCUT2D eigenvalue weighted by Crippen LogP contribution is -2.25. The minimum atomic E-state index is -0.313. The molecule has 0 aliphatic rings. The summed E-state index contributed by atoms with van der Waals surface area (Å²) in [6.45, 7) is 0.466. The fourth-order valence-electron chi connectivity index (χ4n) is 3.55. The second kappa shape index (κ2) is 12.0. The first-order valence-electron chi connectivity index (χ1n) is 11.5. The molecular weight excluding hydrogens is 543 g/mol. The molecule has 0 spiro atoms. The van der Waals surface area contributed by atoms with Crippen LogP contribution in [0.25, 0.3) is 10.2 Å². The number of ether oxygens (including phenoxy) is 1. The Hall–Kier alpha value is -3.97. The number of thiophene rings is 2. The Kier molecular flexibility index (Phi) is 8.14. The second-order valence-electron chi connectivity index (χ2n) is 8.13. The first kappa shape index (κ1) is 25.7. The molecular formula is C28H20ClFN4O2S2. The number of halogens is 2. The predicted octanol–water partition coefficient (Wildman–Crippen LogP) is 6.58. The number of anilines is 2. The standard InChI is InChI=1S/C28H20ClFN4O2S2/c29-24-13-21(6-7-25(24)36-15-18-3-1-4-20(30)11-18)34-27-23-14-22(38-28(23)33-17-32-27)5-2-9-31-26(35)12-19-8-10-37-16-19/h1,3-4,6-8,10-11,13-14,16-17H,9,12,15H2,(H,31,35)(H,32,33,34). The van der Waals surface area contributed by atoms with Crippen molar-refractivity contribution in [3.63, 3.8) is 0 Å². The molecule has 5 rings (SSSR count). The summed E-state index contributed by atoms with van der Waals surface area (Å²) in [5.74, 6) is 6.82. The minimum Gasteiger partial charge on any atom is -0.487 e. The second-order valence-corrected chi connectivity index (χ2v) is 10.3. The highest BCUT2D eigenvalue weighted by molar-refractivity contribution is 7.19. The lowest BCUT2D eigenvalue weighted by molar-refractivity contribution is -0.120. The van der Waals surface area contributed by atoms with Gasteiger partial charge in [-0.05, 0) is 64.4 Å². The van der Waals surface area contributed by atoms with Crippen molar-refractivity contribution in [3.05, 3.63) is 98.5 Å². The summed E-state index contributed by atoms with van der Waals surface area (Å²) in [5, 5.41) is 11.2. The van der Waals surface area contributed by atoms with Crippen molar-refractivity contribution in [3.8, 4) is 17.6 Å². The van der Waals surface area contributed by atoms with Gasteiger partial charge in [-0.2, -0.15) is 11.3 Å². The lowest BCUT2D eigenvalue weighted by Gasteiger charge is -2.11. The van der Waals surface area contributed by atoms with Gasteiger partial charge in [-0.15, -0.1) is 11.3 Å². The Balaban J connectivity index is 1.22. The third kappa shape index (κ3) is 6.66. The Labute approximate surface area is 231 Å². The number of fused-ring (bicyclic) bond motifs is 1. The molecule has 0 aliphatic carbocycles. The van der Waals surface area contributed by atoms with Gasteiger partial charge in [0.2, 0.25) is 5.91 Å². The van der Waals surface area contributed by atoms with Gasteiger partial charge in [-0.25, -0.2) is 14.4 Å². The number of hydrogen-bond acceptors (Lipinski definition) is 7. The van der Waals surface area contributed by atoms with Crippen LogP contribution in [0, 0.1) is 17.7 Å². The molecule has 2 N–H and O–H groups in total. The van der Waals surface area contributed by atoms with Gasteiger partial charge in [0.15, 0.2) is 0 Å². The molecule has 0 saturated carbocycles. The average Bonchev–Trinajstić information content (AvgIpc) is 3.56. The Morgan fingerprint density at radius 2 is 2.03 bits per heavy atom. The van der Waals surface area contributed by atoms with Gasteiger partial charge in [-0.3, -0.25) is 4.79 Å². The summed E-state index contributed by atoms with van der Waals surface area (Å²) in [6.07, 6.45) is 1.84. The van der Waals surface area contributed by atoms with Gasteiger partial charge in [0, 0.05) is 5.69 Å². The van der Waals surface area contributed by atoms with E-state index in [2.05, 4.69) is 32.4 Å². The highest BCUT2D eigenvalue weighted by atomic mass is 35.5. The minimum absolute atomic E-state index is 0.0598. The van der Waals surface area contributed by atoms with Crippen molar-refractivity contribution in [1.82, 2.24) is 15.3 Å². The van der Waals surface area contributed by atoms with Crippen LogP contribution in [0.3, 0.4) is 0 Å². The van der Waals surface area contributed by atoms with Crippen LogP contribution in [0.1, 0.15) is 16.0 Å². The average molecular weight is 563 g/mol. The van der Waals surface area contributed by atoms with Crippen LogP contribution >= 0.6 is 34.3 Å². The van der Waals surface area contributed by atoms with E-state index in [1.807, 2.05) is 29.0 Å². The van der Waals surface area contributed by atoms with Crippen LogP contribution in [-0.2, 0) is 17.8 Å². The highest BCUT2D eigenvalue weighted by Gasteiger charge is 2.10. The van der Waals surface area contributed by atoms with Gasteiger partial charge < -0.3 is 15.4 Å². The number of amides is 1. The molecule has 190 valence electrons. The normalized spacial score (nSPS) is 10.6. The molecule has 3 heterocycles. The third-order valence-electron chi connectivity index (χ3n) is 5.34. The third-order valence-corrected chi connectivity index (χ3v) is 7.32. The number of rotatable bonds is 8. The molecule has 6 nitrogen and oxygen atoms in total. The van der Waals surface area contributed by atoms with E-state index in [-0.39, 0.29) is 24.9 Å². The van der Waals surface area contributed by atoms with E-state index in [9.17, 15) is 9.18 Å². The molecule has 3 aromatic heterocycles. The van der Waals surface area contributed by atoms with Crippen LogP contribution < -0.4 is 15.4 Å². The fraction of sp³-hybridized carbons (Fsp3) is 0.107. The van der Waals surface area contributed by atoms with Crippen molar-refractivity contribution in [2.45, 2.75) is 13.0 Å². The number of nitrogens with one attached hydrogen (secondary N) is 2. The molecule has 0 aliphatic heterocycles. The monoisotopic (exact) mass is 562 g/mol. The molecule has 0 saturated heterocycles. The molecule has 0 radical (unpaired) electrons. The Morgan fingerprint density at radius 3 is 2.84 bits per heavy atom. The Bertz CT molecular complexity index is 1640. The number of nitrogens with zero attached hydrogens (tertiary/aromatic N) is 2. The number of benzene rings is 2. The van der Waals surface area contributed by atoms with Crippen LogP contribution in [0.4, 0.5) is 15.9 Å². The van der Waals surface area contributed by atoms with E-state index < -0.39 is 0 Å². The quantitative estimate of drug-likeness (QED) is 0.209. The highest BCUT2D eigenvalue weighted by Crippen LogP contribution is 2.33. The summed E-state index contributed by atoms with van der Waals surface area (Å²) in [6, 6.07) is 15.4. The molecule has 10 heteroatoms. The maximum atomic E-state index is 13.4. The van der Waals surface area contributed by atoms with E-state index in [0.29, 0.717) is 28.6 Å². The van der Waals surface area contributed by atoms with Crippen LogP contribution in [0.15, 0.2) is 71.7 Å². The van der Waals surface area contributed by atoms with Crippen LogP contribution in [0.5, 0.6) is 5.75 Å². The maximum absolute atomic E-state index is 13.4. The lowest BCUT2D eigenvalue weighted by atomic mass is 10.2. The zero-order valence-electron chi connectivity index (χ0n) is 19.8. The van der Waals surface area contributed by atoms with E-state index in [4.69, 9.17) is 16.3 Å².